The molecule has 120 valence electrons. The van der Waals surface area contributed by atoms with Crippen molar-refractivity contribution in [2.75, 3.05) is 6.54 Å². The molecule has 1 rings (SSSR count). The molecule has 1 heterocycles. The van der Waals surface area contributed by atoms with Crippen LogP contribution in [-0.4, -0.2) is 16.7 Å². The Balaban J connectivity index is -0.0000000567. The van der Waals surface area contributed by atoms with Crippen LogP contribution in [0.2, 0.25) is 4.47 Å². The van der Waals surface area contributed by atoms with Gasteiger partial charge in [0, 0.05) is 54.5 Å². The first-order valence-electron chi connectivity index (χ1n) is 3.83. The Morgan fingerprint density at radius 1 is 1.35 bits per heavy atom. The molecule has 0 aromatic carbocycles. The molecule has 20 heavy (non-hydrogen) atoms. The summed E-state index contributed by atoms with van der Waals surface area (Å²) in [5.41, 5.74) is 0. The summed E-state index contributed by atoms with van der Waals surface area (Å²) in [6.07, 6.45) is 3.35. The standard InChI is InChI=1S/C4H3Cl2NS.C4H5NS.2Cl2.2ClH/c5-1-3-2-7-4(6)8-3;1-2-3-5-4-6;2*1-2;;/h2H,1H2;2H,1,3H2;;;2*1H. The third-order valence-electron chi connectivity index (χ3n) is 0.942. The second kappa shape index (κ2) is 32.4. The molecule has 0 radical (unpaired) electrons. The van der Waals surface area contributed by atoms with Gasteiger partial charge < -0.3 is 0 Å². The van der Waals surface area contributed by atoms with Crippen LogP contribution in [0.3, 0.4) is 0 Å². The van der Waals surface area contributed by atoms with Crippen molar-refractivity contribution in [2.45, 2.75) is 5.88 Å². The highest BCUT2D eigenvalue weighted by molar-refractivity contribution is 7.78. The maximum absolute atomic E-state index is 5.49. The number of isothiocyanates is 1. The number of thiazole rings is 1. The van der Waals surface area contributed by atoms with E-state index in [0.717, 1.165) is 4.88 Å². The summed E-state index contributed by atoms with van der Waals surface area (Å²) in [5.74, 6) is 0.504. The van der Waals surface area contributed by atoms with Crippen molar-refractivity contribution >= 4 is 120 Å². The molecule has 1 aromatic rings. The quantitative estimate of drug-likeness (QED) is 0.194. The smallest absolute Gasteiger partial charge is 0.183 e. The lowest BCUT2D eigenvalue weighted by Crippen LogP contribution is -1.61. The van der Waals surface area contributed by atoms with Gasteiger partial charge in [-0.25, -0.2) is 9.98 Å². The van der Waals surface area contributed by atoms with Gasteiger partial charge in [0.1, 0.15) is 0 Å². The number of nitrogens with zero attached hydrogens (tertiary/aromatic N) is 2. The van der Waals surface area contributed by atoms with Crippen molar-refractivity contribution in [1.29, 1.82) is 0 Å². The minimum Gasteiger partial charge on any atom is -0.233 e. The van der Waals surface area contributed by atoms with Crippen LogP contribution < -0.4 is 0 Å². The SMILES string of the molecule is C=CCN=C=S.Cl.Cl.ClCc1cnc(Cl)s1.ClCl.ClCl. The molecular weight excluding hydrogens is 472 g/mol. The molecule has 0 N–H and O–H groups in total. The zero-order valence-electron chi connectivity index (χ0n) is 9.57. The second-order valence-corrected chi connectivity index (χ2v) is 4.08. The largest absolute Gasteiger partial charge is 0.233 e. The third kappa shape index (κ3) is 27.8. The lowest BCUT2D eigenvalue weighted by molar-refractivity contribution is 1.27. The highest BCUT2D eigenvalue weighted by atomic mass is 36.5. The Morgan fingerprint density at radius 2 is 1.85 bits per heavy atom. The molecule has 0 unspecified atom stereocenters. The van der Waals surface area contributed by atoms with Gasteiger partial charge in [0.2, 0.25) is 0 Å². The molecule has 0 aliphatic rings. The van der Waals surface area contributed by atoms with E-state index in [1.165, 1.54) is 11.3 Å². The summed E-state index contributed by atoms with van der Waals surface area (Å²) in [4.78, 5) is 8.33. The average Bonchev–Trinajstić information content (AvgIpc) is 2.87. The molecule has 0 saturated heterocycles. The van der Waals surface area contributed by atoms with Crippen LogP contribution in [0.1, 0.15) is 4.88 Å². The zero-order valence-corrected chi connectivity index (χ0v) is 17.4. The van der Waals surface area contributed by atoms with E-state index in [2.05, 4.69) is 77.4 Å². The molecule has 0 saturated carbocycles. The van der Waals surface area contributed by atoms with Gasteiger partial charge in [-0.2, -0.15) is 0 Å². The van der Waals surface area contributed by atoms with Gasteiger partial charge in [-0.05, 0) is 12.2 Å². The molecule has 0 spiro atoms. The Kier molecular flexibility index (Phi) is 53.8. The molecule has 0 aliphatic heterocycles. The molecule has 2 nitrogen and oxygen atoms in total. The molecule has 1 aromatic heterocycles. The fraction of sp³-hybridized carbons (Fsp3) is 0.250. The Hall–Kier alpha value is 1.49. The van der Waals surface area contributed by atoms with Crippen LogP contribution in [0.25, 0.3) is 0 Å². The summed E-state index contributed by atoms with van der Waals surface area (Å²) in [6, 6.07) is 0. The van der Waals surface area contributed by atoms with Crippen molar-refractivity contribution < 1.29 is 0 Å². The minimum absolute atomic E-state index is 0. The predicted molar refractivity (Wildman–Crippen MR) is 105 cm³/mol. The van der Waals surface area contributed by atoms with Gasteiger partial charge in [-0.3, -0.25) is 0 Å². The zero-order chi connectivity index (χ0) is 14.8. The Bertz CT molecular complexity index is 330. The molecule has 0 bridgehead atoms. The Morgan fingerprint density at radius 3 is 2.00 bits per heavy atom. The van der Waals surface area contributed by atoms with Gasteiger partial charge in [0.15, 0.2) is 4.47 Å². The van der Waals surface area contributed by atoms with Crippen molar-refractivity contribution in [3.05, 3.63) is 28.2 Å². The van der Waals surface area contributed by atoms with E-state index in [9.17, 15) is 0 Å². The average molecular weight is 482 g/mol. The summed E-state index contributed by atoms with van der Waals surface area (Å²) in [5, 5.41) is 2.21. The topological polar surface area (TPSA) is 25.2 Å². The van der Waals surface area contributed by atoms with Crippen LogP contribution in [0.5, 0.6) is 0 Å². The van der Waals surface area contributed by atoms with Gasteiger partial charge in [-0.15, -0.1) is 54.3 Å². The van der Waals surface area contributed by atoms with Crippen LogP contribution in [0.4, 0.5) is 0 Å². The number of alkyl halides is 1. The first kappa shape index (κ1) is 33.2. The van der Waals surface area contributed by atoms with Gasteiger partial charge in [-0.1, -0.05) is 17.7 Å². The van der Waals surface area contributed by atoms with Gasteiger partial charge in [0.25, 0.3) is 0 Å². The summed E-state index contributed by atoms with van der Waals surface area (Å²) in [7, 11) is 16.4. The third-order valence-corrected chi connectivity index (χ3v) is 2.63. The van der Waals surface area contributed by atoms with Crippen LogP contribution in [-0.2, 0) is 5.88 Å². The van der Waals surface area contributed by atoms with Crippen LogP contribution in [0.15, 0.2) is 23.8 Å². The Labute approximate surface area is 169 Å². The summed E-state index contributed by atoms with van der Waals surface area (Å²) >= 11 is 16.6. The number of aromatic nitrogens is 1. The van der Waals surface area contributed by atoms with E-state index in [1.54, 1.807) is 12.3 Å². The monoisotopic (exact) mass is 478 g/mol. The molecule has 12 heteroatoms. The minimum atomic E-state index is 0. The van der Waals surface area contributed by atoms with E-state index in [1.807, 2.05) is 0 Å². The number of aliphatic imine (C=N–C) groups is 1. The molecule has 0 amide bonds. The molecule has 0 fully saturated rings. The van der Waals surface area contributed by atoms with E-state index < -0.39 is 0 Å². The van der Waals surface area contributed by atoms with Crippen LogP contribution >= 0.6 is 115 Å². The number of hydrogen-bond donors (Lipinski definition) is 0. The summed E-state index contributed by atoms with van der Waals surface area (Å²) < 4.78 is 0.556. The fourth-order valence-corrected chi connectivity index (χ4v) is 1.58. The van der Waals surface area contributed by atoms with Gasteiger partial charge in [0.05, 0.1) is 17.6 Å². The number of thiocarbonyl (C=S) groups is 1. The van der Waals surface area contributed by atoms with Crippen molar-refractivity contribution in [3.63, 3.8) is 0 Å². The molecular formula is C8H10Cl8N2S2. The maximum Gasteiger partial charge on any atom is 0.183 e. The predicted octanol–water partition coefficient (Wildman–Crippen LogP) is 7.41. The first-order valence-corrected chi connectivity index (χ1v) is 8.26. The molecule has 0 aliphatic carbocycles. The number of hydrogen-bond acceptors (Lipinski definition) is 4. The van der Waals surface area contributed by atoms with Crippen molar-refractivity contribution in [1.82, 2.24) is 4.98 Å². The second-order valence-electron chi connectivity index (χ2n) is 1.93. The lowest BCUT2D eigenvalue weighted by atomic mass is 10.6. The van der Waals surface area contributed by atoms with E-state index in [-0.39, 0.29) is 24.8 Å². The number of rotatable bonds is 3. The van der Waals surface area contributed by atoms with E-state index in [0.29, 0.717) is 16.9 Å². The van der Waals surface area contributed by atoms with Crippen LogP contribution in [0, 0.1) is 0 Å². The highest BCUT2D eigenvalue weighted by Crippen LogP contribution is 2.18. The van der Waals surface area contributed by atoms with Gasteiger partial charge >= 0.3 is 0 Å². The van der Waals surface area contributed by atoms with Crippen molar-refractivity contribution in [3.8, 4) is 0 Å². The summed E-state index contributed by atoms with van der Waals surface area (Å²) in [6.45, 7) is 4.00. The van der Waals surface area contributed by atoms with Crippen molar-refractivity contribution in [2.24, 2.45) is 4.99 Å². The maximum atomic E-state index is 5.49. The number of halogens is 8. The highest BCUT2D eigenvalue weighted by Gasteiger charge is 1.94. The lowest BCUT2D eigenvalue weighted by Gasteiger charge is -1.75. The molecule has 0 atom stereocenters. The van der Waals surface area contributed by atoms with E-state index in [4.69, 9.17) is 23.2 Å². The first-order chi connectivity index (χ1) is 8.74. The fourth-order valence-electron chi connectivity index (χ4n) is 0.447. The van der Waals surface area contributed by atoms with E-state index >= 15 is 0 Å². The normalized spacial score (nSPS) is 6.30.